The van der Waals surface area contributed by atoms with Gasteiger partial charge in [-0.15, -0.1) is 10.2 Å². The van der Waals surface area contributed by atoms with Crippen LogP contribution in [0.15, 0.2) is 36.7 Å². The van der Waals surface area contributed by atoms with E-state index in [0.717, 1.165) is 22.7 Å². The number of hydrogen-bond acceptors (Lipinski definition) is 7. The largest absolute Gasteiger partial charge is 0.348 e. The van der Waals surface area contributed by atoms with Crippen LogP contribution in [0.4, 0.5) is 15.3 Å². The summed E-state index contributed by atoms with van der Waals surface area (Å²) in [5, 5.41) is 11.6. The number of amides is 1. The Kier molecular flexibility index (Phi) is 5.09. The van der Waals surface area contributed by atoms with Crippen LogP contribution >= 0.6 is 11.3 Å². The minimum Gasteiger partial charge on any atom is -0.348 e. The molecule has 0 saturated heterocycles. The zero-order valence-corrected chi connectivity index (χ0v) is 18.7. The first-order valence-corrected chi connectivity index (χ1v) is 11.2. The zero-order valence-electron chi connectivity index (χ0n) is 17.9. The van der Waals surface area contributed by atoms with E-state index in [4.69, 9.17) is 0 Å². The molecule has 1 saturated carbocycles. The van der Waals surface area contributed by atoms with Crippen molar-refractivity contribution < 1.29 is 9.18 Å². The number of carbonyl (C=O) groups is 1. The number of halogens is 1. The Hall–Kier alpha value is -3.40. The van der Waals surface area contributed by atoms with E-state index in [2.05, 4.69) is 30.4 Å². The van der Waals surface area contributed by atoms with Gasteiger partial charge in [0.25, 0.3) is 5.91 Å². The SMILES string of the molecule is CC(C)n1cnnc1-c1cccc(NC(=O)c2cc3sc(N(C)C4CC4)nc3cc2F)n1. The summed E-state index contributed by atoms with van der Waals surface area (Å²) in [5.74, 6) is -0.272. The van der Waals surface area contributed by atoms with Crippen molar-refractivity contribution in [2.45, 2.75) is 38.8 Å². The predicted molar refractivity (Wildman–Crippen MR) is 123 cm³/mol. The number of nitrogens with one attached hydrogen (secondary N) is 1. The molecule has 1 aliphatic rings. The summed E-state index contributed by atoms with van der Waals surface area (Å²) < 4.78 is 17.4. The predicted octanol–water partition coefficient (Wildman–Crippen LogP) is 4.52. The van der Waals surface area contributed by atoms with Crippen molar-refractivity contribution in [2.24, 2.45) is 0 Å². The van der Waals surface area contributed by atoms with Crippen LogP contribution < -0.4 is 10.2 Å². The third kappa shape index (κ3) is 3.81. The molecule has 1 aromatic carbocycles. The molecular weight excluding hydrogens is 429 g/mol. The molecule has 8 nitrogen and oxygen atoms in total. The normalized spacial score (nSPS) is 13.7. The summed E-state index contributed by atoms with van der Waals surface area (Å²) in [6.07, 6.45) is 3.93. The molecular formula is C22H22FN7OS. The number of benzene rings is 1. The van der Waals surface area contributed by atoms with Crippen molar-refractivity contribution in [1.82, 2.24) is 24.7 Å². The Morgan fingerprint density at radius 1 is 1.28 bits per heavy atom. The van der Waals surface area contributed by atoms with Crippen LogP contribution in [0.5, 0.6) is 0 Å². The van der Waals surface area contributed by atoms with E-state index in [1.165, 1.54) is 17.4 Å². The molecule has 3 aromatic heterocycles. The number of hydrogen-bond donors (Lipinski definition) is 1. The van der Waals surface area contributed by atoms with Crippen LogP contribution in [0.3, 0.4) is 0 Å². The molecule has 5 rings (SSSR count). The average Bonchev–Trinajstić information content (AvgIpc) is 3.34. The third-order valence-corrected chi connectivity index (χ3v) is 6.56. The Morgan fingerprint density at radius 3 is 2.84 bits per heavy atom. The second-order valence-electron chi connectivity index (χ2n) is 8.16. The van der Waals surface area contributed by atoms with Gasteiger partial charge in [-0.05, 0) is 44.9 Å². The Bertz CT molecular complexity index is 1310. The number of aromatic nitrogens is 5. The van der Waals surface area contributed by atoms with Gasteiger partial charge < -0.3 is 14.8 Å². The van der Waals surface area contributed by atoms with Gasteiger partial charge in [-0.1, -0.05) is 17.4 Å². The van der Waals surface area contributed by atoms with Crippen LogP contribution in [0.1, 0.15) is 43.1 Å². The first-order valence-electron chi connectivity index (χ1n) is 10.4. The smallest absolute Gasteiger partial charge is 0.259 e. The fraction of sp³-hybridized carbons (Fsp3) is 0.318. The maximum atomic E-state index is 14.7. The topological polar surface area (TPSA) is 88.8 Å². The van der Waals surface area contributed by atoms with E-state index in [-0.39, 0.29) is 11.6 Å². The van der Waals surface area contributed by atoms with Crippen LogP contribution in [0.25, 0.3) is 21.7 Å². The van der Waals surface area contributed by atoms with Gasteiger partial charge in [-0.2, -0.15) is 0 Å². The standard InChI is InChI=1S/C22H22FN7OS/c1-12(2)30-11-24-28-20(30)16-5-4-6-19(25-16)27-21(31)14-9-18-17(10-15(14)23)26-22(32-18)29(3)13-7-8-13/h4-6,9-13H,7-8H2,1-3H3,(H,25,27,31). The summed E-state index contributed by atoms with van der Waals surface area (Å²) in [5.41, 5.74) is 1.08. The second kappa shape index (κ2) is 7.94. The van der Waals surface area contributed by atoms with Crippen LogP contribution in [0.2, 0.25) is 0 Å². The zero-order chi connectivity index (χ0) is 22.4. The maximum absolute atomic E-state index is 14.7. The number of fused-ring (bicyclic) bond motifs is 1. The highest BCUT2D eigenvalue weighted by Crippen LogP contribution is 2.36. The van der Waals surface area contributed by atoms with Gasteiger partial charge in [0.1, 0.15) is 23.7 Å². The highest BCUT2D eigenvalue weighted by atomic mass is 32.1. The molecule has 0 aliphatic heterocycles. The Morgan fingerprint density at radius 2 is 2.09 bits per heavy atom. The lowest BCUT2D eigenvalue weighted by Crippen LogP contribution is -2.18. The second-order valence-corrected chi connectivity index (χ2v) is 9.17. The lowest BCUT2D eigenvalue weighted by molar-refractivity contribution is 0.102. The molecule has 164 valence electrons. The number of thiazole rings is 1. The van der Waals surface area contributed by atoms with Crippen molar-refractivity contribution in [3.8, 4) is 11.5 Å². The lowest BCUT2D eigenvalue weighted by Gasteiger charge is -2.13. The summed E-state index contributed by atoms with van der Waals surface area (Å²) in [4.78, 5) is 24.0. The molecule has 1 amide bonds. The van der Waals surface area contributed by atoms with Gasteiger partial charge in [-0.25, -0.2) is 14.4 Å². The number of pyridine rings is 1. The van der Waals surface area contributed by atoms with Crippen LogP contribution in [0, 0.1) is 5.82 Å². The van der Waals surface area contributed by atoms with E-state index in [9.17, 15) is 9.18 Å². The summed E-state index contributed by atoms with van der Waals surface area (Å²) in [6.45, 7) is 4.04. The van der Waals surface area contributed by atoms with Crippen molar-refractivity contribution in [3.63, 3.8) is 0 Å². The highest BCUT2D eigenvalue weighted by molar-refractivity contribution is 7.22. The fourth-order valence-electron chi connectivity index (χ4n) is 3.50. The molecule has 4 aromatic rings. The van der Waals surface area contributed by atoms with Gasteiger partial charge >= 0.3 is 0 Å². The van der Waals surface area contributed by atoms with Crippen molar-refractivity contribution in [3.05, 3.63) is 48.0 Å². The number of nitrogens with zero attached hydrogens (tertiary/aromatic N) is 6. The number of rotatable bonds is 6. The molecule has 1 fully saturated rings. The van der Waals surface area contributed by atoms with Gasteiger partial charge in [0.05, 0.1) is 15.8 Å². The first kappa shape index (κ1) is 20.5. The minimum atomic E-state index is -0.614. The highest BCUT2D eigenvalue weighted by Gasteiger charge is 2.28. The number of carbonyl (C=O) groups excluding carboxylic acids is 1. The Labute approximate surface area is 188 Å². The van der Waals surface area contributed by atoms with Crippen molar-refractivity contribution >= 4 is 38.4 Å². The third-order valence-electron chi connectivity index (χ3n) is 5.46. The van der Waals surface area contributed by atoms with E-state index >= 15 is 0 Å². The van der Waals surface area contributed by atoms with Crippen LogP contribution in [-0.2, 0) is 0 Å². The average molecular weight is 452 g/mol. The summed E-state index contributed by atoms with van der Waals surface area (Å²) >= 11 is 1.46. The van der Waals surface area contributed by atoms with Crippen molar-refractivity contribution in [2.75, 3.05) is 17.3 Å². The summed E-state index contributed by atoms with van der Waals surface area (Å²) in [7, 11) is 2.00. The molecule has 1 aliphatic carbocycles. The molecule has 10 heteroatoms. The molecule has 0 radical (unpaired) electrons. The van der Waals surface area contributed by atoms with Gasteiger partial charge in [0, 0.05) is 25.2 Å². The van der Waals surface area contributed by atoms with E-state index in [0.29, 0.717) is 28.9 Å². The molecule has 0 bridgehead atoms. The minimum absolute atomic E-state index is 0.0423. The first-order chi connectivity index (χ1) is 15.4. The quantitative estimate of drug-likeness (QED) is 0.464. The van der Waals surface area contributed by atoms with Crippen LogP contribution in [-0.4, -0.2) is 43.7 Å². The molecule has 0 atom stereocenters. The molecule has 3 heterocycles. The van der Waals surface area contributed by atoms with Gasteiger partial charge in [0.2, 0.25) is 0 Å². The summed E-state index contributed by atoms with van der Waals surface area (Å²) in [6, 6.07) is 8.75. The molecule has 0 spiro atoms. The van der Waals surface area contributed by atoms with Crippen molar-refractivity contribution in [1.29, 1.82) is 0 Å². The van der Waals surface area contributed by atoms with Gasteiger partial charge in [0.15, 0.2) is 11.0 Å². The Balaban J connectivity index is 1.41. The van der Waals surface area contributed by atoms with E-state index in [1.807, 2.05) is 25.5 Å². The monoisotopic (exact) mass is 451 g/mol. The molecule has 32 heavy (non-hydrogen) atoms. The maximum Gasteiger partial charge on any atom is 0.259 e. The molecule has 0 unspecified atom stereocenters. The van der Waals surface area contributed by atoms with Gasteiger partial charge in [-0.3, -0.25) is 4.79 Å². The van der Waals surface area contributed by atoms with E-state index < -0.39 is 11.7 Å². The molecule has 1 N–H and O–H groups in total. The lowest BCUT2D eigenvalue weighted by atomic mass is 10.2. The number of anilines is 2. The fourth-order valence-corrected chi connectivity index (χ4v) is 4.52. The van der Waals surface area contributed by atoms with E-state index in [1.54, 1.807) is 30.6 Å².